The van der Waals surface area contributed by atoms with E-state index in [1.165, 1.54) is 24.3 Å². The summed E-state index contributed by atoms with van der Waals surface area (Å²) in [6.45, 7) is 4.97. The van der Waals surface area contributed by atoms with Crippen molar-refractivity contribution in [2.75, 3.05) is 36.4 Å². The number of hydrogen-bond acceptors (Lipinski definition) is 7. The number of aliphatic hydroxyl groups excluding tert-OH is 1. The molecule has 4 rings (SSSR count). The van der Waals surface area contributed by atoms with E-state index < -0.39 is 0 Å². The van der Waals surface area contributed by atoms with Crippen LogP contribution in [0.3, 0.4) is 0 Å². The van der Waals surface area contributed by atoms with E-state index in [0.29, 0.717) is 6.04 Å². The highest BCUT2D eigenvalue weighted by Crippen LogP contribution is 2.22. The maximum absolute atomic E-state index is 9.69. The molecule has 7 heteroatoms. The second-order valence-electron chi connectivity index (χ2n) is 7.28. The van der Waals surface area contributed by atoms with E-state index >= 15 is 0 Å². The smallest absolute Gasteiger partial charge is 0.134 e. The van der Waals surface area contributed by atoms with Crippen LogP contribution in [0.25, 0.3) is 0 Å². The van der Waals surface area contributed by atoms with Gasteiger partial charge in [0, 0.05) is 43.2 Å². The lowest BCUT2D eigenvalue weighted by molar-refractivity contribution is 0.145. The van der Waals surface area contributed by atoms with Gasteiger partial charge in [0.15, 0.2) is 0 Å². The number of piperidine rings is 2. The molecule has 0 aliphatic carbocycles. The zero-order valence-electron chi connectivity index (χ0n) is 15.0. The van der Waals surface area contributed by atoms with Gasteiger partial charge in [-0.3, -0.25) is 4.90 Å². The summed E-state index contributed by atoms with van der Waals surface area (Å²) >= 11 is 1.83. The number of aromatic nitrogens is 2. The number of thiophene rings is 1. The minimum absolute atomic E-state index is 0.165. The molecule has 2 aliphatic heterocycles. The Hall–Kier alpha value is -1.70. The van der Waals surface area contributed by atoms with Gasteiger partial charge in [-0.15, -0.1) is 11.3 Å². The second-order valence-corrected chi connectivity index (χ2v) is 8.31. The quantitative estimate of drug-likeness (QED) is 0.840. The Labute approximate surface area is 158 Å². The van der Waals surface area contributed by atoms with Crippen molar-refractivity contribution < 1.29 is 5.11 Å². The Morgan fingerprint density at radius 2 is 2.08 bits per heavy atom. The van der Waals surface area contributed by atoms with Crippen molar-refractivity contribution in [2.24, 2.45) is 0 Å². The fourth-order valence-corrected chi connectivity index (χ4v) is 4.59. The topological polar surface area (TPSA) is 64.5 Å². The van der Waals surface area contributed by atoms with E-state index in [1.807, 2.05) is 11.3 Å². The van der Waals surface area contributed by atoms with Gasteiger partial charge in [-0.2, -0.15) is 0 Å². The van der Waals surface area contributed by atoms with Crippen LogP contribution in [0, 0.1) is 0 Å². The van der Waals surface area contributed by atoms with Crippen molar-refractivity contribution in [1.82, 2.24) is 14.9 Å². The second kappa shape index (κ2) is 8.33. The van der Waals surface area contributed by atoms with Crippen molar-refractivity contribution >= 4 is 23.0 Å². The molecule has 2 aromatic heterocycles. The van der Waals surface area contributed by atoms with Gasteiger partial charge in [-0.25, -0.2) is 9.97 Å². The average Bonchev–Trinajstić information content (AvgIpc) is 3.16. The van der Waals surface area contributed by atoms with Gasteiger partial charge in [0.25, 0.3) is 0 Å². The van der Waals surface area contributed by atoms with Gasteiger partial charge in [-0.05, 0) is 43.7 Å². The number of rotatable bonds is 5. The fraction of sp³-hybridized carbons (Fsp3) is 0.579. The minimum atomic E-state index is -0.165. The molecule has 2 N–H and O–H groups in total. The van der Waals surface area contributed by atoms with Gasteiger partial charge in [-0.1, -0.05) is 6.07 Å². The Morgan fingerprint density at radius 1 is 1.19 bits per heavy atom. The predicted octanol–water partition coefficient (Wildman–Crippen LogP) is 2.58. The van der Waals surface area contributed by atoms with Crippen LogP contribution < -0.4 is 10.2 Å². The monoisotopic (exact) mass is 373 g/mol. The third-order valence-electron chi connectivity index (χ3n) is 5.26. The first-order valence-corrected chi connectivity index (χ1v) is 10.4. The van der Waals surface area contributed by atoms with Gasteiger partial charge >= 0.3 is 0 Å². The molecule has 1 atom stereocenters. The third kappa shape index (κ3) is 4.52. The summed E-state index contributed by atoms with van der Waals surface area (Å²) in [5.74, 6) is 1.87. The van der Waals surface area contributed by atoms with Crippen LogP contribution in [0.4, 0.5) is 11.6 Å². The lowest BCUT2D eigenvalue weighted by Gasteiger charge is -2.33. The molecule has 0 amide bonds. The molecule has 26 heavy (non-hydrogen) atoms. The maximum atomic E-state index is 9.69. The molecule has 2 aromatic rings. The molecular weight excluding hydrogens is 346 g/mol. The molecule has 2 aliphatic rings. The normalized spacial score (nSPS) is 22.5. The van der Waals surface area contributed by atoms with Crippen molar-refractivity contribution in [2.45, 2.75) is 44.4 Å². The van der Waals surface area contributed by atoms with Crippen LogP contribution in [0.1, 0.15) is 30.6 Å². The molecular formula is C19H27N5OS. The van der Waals surface area contributed by atoms with Crippen LogP contribution in [0.15, 0.2) is 29.9 Å². The molecule has 0 aromatic carbocycles. The van der Waals surface area contributed by atoms with Crippen molar-refractivity contribution in [1.29, 1.82) is 0 Å². The van der Waals surface area contributed by atoms with Crippen LogP contribution in [0.2, 0.25) is 0 Å². The SMILES string of the molecule is OC1CCN(c2cc(NC3CCCN(Cc4cccs4)C3)ncn2)CC1. The molecule has 140 valence electrons. The summed E-state index contributed by atoms with van der Waals surface area (Å²) in [5.41, 5.74) is 0. The van der Waals surface area contributed by atoms with E-state index in [9.17, 15) is 5.11 Å². The maximum Gasteiger partial charge on any atom is 0.134 e. The molecule has 2 fully saturated rings. The fourth-order valence-electron chi connectivity index (χ4n) is 3.84. The average molecular weight is 374 g/mol. The van der Waals surface area contributed by atoms with Crippen LogP contribution in [-0.4, -0.2) is 58.3 Å². The number of nitrogens with one attached hydrogen (secondary N) is 1. The van der Waals surface area contributed by atoms with Crippen LogP contribution in [-0.2, 0) is 6.54 Å². The molecule has 2 saturated heterocycles. The highest BCUT2D eigenvalue weighted by atomic mass is 32.1. The summed E-state index contributed by atoms with van der Waals surface area (Å²) < 4.78 is 0. The number of likely N-dealkylation sites (tertiary alicyclic amines) is 1. The molecule has 6 nitrogen and oxygen atoms in total. The minimum Gasteiger partial charge on any atom is -0.393 e. The number of nitrogens with zero attached hydrogens (tertiary/aromatic N) is 4. The number of aliphatic hydroxyl groups is 1. The number of hydrogen-bond donors (Lipinski definition) is 2. The predicted molar refractivity (Wildman–Crippen MR) is 106 cm³/mol. The van der Waals surface area contributed by atoms with Crippen molar-refractivity contribution in [3.05, 3.63) is 34.8 Å². The first-order chi connectivity index (χ1) is 12.8. The van der Waals surface area contributed by atoms with Crippen molar-refractivity contribution in [3.63, 3.8) is 0 Å². The lowest BCUT2D eigenvalue weighted by atomic mass is 10.1. The van der Waals surface area contributed by atoms with Gasteiger partial charge < -0.3 is 15.3 Å². The summed E-state index contributed by atoms with van der Waals surface area (Å²) in [4.78, 5) is 15.1. The summed E-state index contributed by atoms with van der Waals surface area (Å²) in [5, 5.41) is 15.4. The Kier molecular flexibility index (Phi) is 5.67. The molecule has 0 saturated carbocycles. The zero-order chi connectivity index (χ0) is 17.8. The Bertz CT molecular complexity index is 687. The van der Waals surface area contributed by atoms with Gasteiger partial charge in [0.1, 0.15) is 18.0 Å². The van der Waals surface area contributed by atoms with Crippen LogP contribution in [0.5, 0.6) is 0 Å². The van der Waals surface area contributed by atoms with Crippen molar-refractivity contribution in [3.8, 4) is 0 Å². The first-order valence-electron chi connectivity index (χ1n) is 9.52. The van der Waals surface area contributed by atoms with E-state index in [1.54, 1.807) is 6.33 Å². The summed E-state index contributed by atoms with van der Waals surface area (Å²) in [6, 6.07) is 6.82. The van der Waals surface area contributed by atoms with Gasteiger partial charge in [0.05, 0.1) is 6.10 Å². The highest BCUT2D eigenvalue weighted by Gasteiger charge is 2.22. The van der Waals surface area contributed by atoms with E-state index in [-0.39, 0.29) is 6.10 Å². The van der Waals surface area contributed by atoms with Gasteiger partial charge in [0.2, 0.25) is 0 Å². The zero-order valence-corrected chi connectivity index (χ0v) is 15.9. The van der Waals surface area contributed by atoms with E-state index in [4.69, 9.17) is 0 Å². The Morgan fingerprint density at radius 3 is 2.88 bits per heavy atom. The largest absolute Gasteiger partial charge is 0.393 e. The molecule has 1 unspecified atom stereocenters. The summed E-state index contributed by atoms with van der Waals surface area (Å²) in [7, 11) is 0. The summed E-state index contributed by atoms with van der Waals surface area (Å²) in [6.07, 6.45) is 5.50. The molecule has 0 radical (unpaired) electrons. The van der Waals surface area contributed by atoms with E-state index in [0.717, 1.165) is 50.7 Å². The molecule has 4 heterocycles. The third-order valence-corrected chi connectivity index (χ3v) is 6.12. The van der Waals surface area contributed by atoms with E-state index in [2.05, 4.69) is 48.7 Å². The molecule has 0 spiro atoms. The van der Waals surface area contributed by atoms with Crippen LogP contribution >= 0.6 is 11.3 Å². The standard InChI is InChI=1S/C19H27N5OS/c25-16-5-8-24(9-6-16)19-11-18(20-14-21-19)22-15-3-1-7-23(12-15)13-17-4-2-10-26-17/h2,4,10-11,14-16,25H,1,3,5-9,12-13H2,(H,20,21,22). The highest BCUT2D eigenvalue weighted by molar-refractivity contribution is 7.09. The Balaban J connectivity index is 1.35. The first kappa shape index (κ1) is 17.7. The lowest BCUT2D eigenvalue weighted by Crippen LogP contribution is -2.41. The molecule has 0 bridgehead atoms. The number of anilines is 2.